The van der Waals surface area contributed by atoms with E-state index in [2.05, 4.69) is 21.7 Å². The maximum absolute atomic E-state index is 12.4. The largest absolute Gasteiger partial charge is 0.354 e. The number of para-hydroxylation sites is 1. The van der Waals surface area contributed by atoms with Gasteiger partial charge < -0.3 is 10.6 Å². The van der Waals surface area contributed by atoms with Crippen molar-refractivity contribution in [2.45, 2.75) is 38.1 Å². The van der Waals surface area contributed by atoms with Crippen LogP contribution in [-0.4, -0.2) is 30.0 Å². The standard InChI is InChI=1S/C17H21N3OS/c21-16(15-17(11-19-15)8-3-4-9-17)18-10-7-14-20-12-5-1-2-6-13(12)22-14/h1-2,5-6,15,19H,3-4,7-11H2,(H,18,21). The average molecular weight is 315 g/mol. The Morgan fingerprint density at radius 1 is 1.36 bits per heavy atom. The molecule has 0 radical (unpaired) electrons. The van der Waals surface area contributed by atoms with Gasteiger partial charge in [-0.3, -0.25) is 4.79 Å². The smallest absolute Gasteiger partial charge is 0.237 e. The number of fused-ring (bicyclic) bond motifs is 1. The van der Waals surface area contributed by atoms with Crippen molar-refractivity contribution < 1.29 is 4.79 Å². The van der Waals surface area contributed by atoms with Crippen LogP contribution in [0.15, 0.2) is 24.3 Å². The number of aromatic nitrogens is 1. The molecule has 22 heavy (non-hydrogen) atoms. The number of nitrogens with one attached hydrogen (secondary N) is 2. The lowest BCUT2D eigenvalue weighted by molar-refractivity contribution is -0.130. The normalized spacial score (nSPS) is 22.8. The summed E-state index contributed by atoms with van der Waals surface area (Å²) in [4.78, 5) is 17.0. The summed E-state index contributed by atoms with van der Waals surface area (Å²) >= 11 is 1.72. The first-order valence-corrected chi connectivity index (χ1v) is 8.94. The Kier molecular flexibility index (Phi) is 3.62. The van der Waals surface area contributed by atoms with E-state index in [4.69, 9.17) is 0 Å². The maximum atomic E-state index is 12.4. The molecular formula is C17H21N3OS. The number of nitrogens with zero attached hydrogens (tertiary/aromatic N) is 1. The van der Waals surface area contributed by atoms with E-state index >= 15 is 0 Å². The molecule has 1 aromatic heterocycles. The van der Waals surface area contributed by atoms with Crippen LogP contribution in [0.3, 0.4) is 0 Å². The van der Waals surface area contributed by atoms with Crippen molar-refractivity contribution >= 4 is 27.5 Å². The molecule has 1 atom stereocenters. The first-order chi connectivity index (χ1) is 10.8. The molecule has 1 amide bonds. The third kappa shape index (κ3) is 2.42. The quantitative estimate of drug-likeness (QED) is 0.911. The maximum Gasteiger partial charge on any atom is 0.237 e. The number of rotatable bonds is 4. The Morgan fingerprint density at radius 3 is 2.91 bits per heavy atom. The van der Waals surface area contributed by atoms with Crippen LogP contribution in [0.4, 0.5) is 0 Å². The molecule has 4 nitrogen and oxygen atoms in total. The van der Waals surface area contributed by atoms with E-state index < -0.39 is 0 Å². The molecule has 1 aliphatic carbocycles. The molecule has 5 heteroatoms. The van der Waals surface area contributed by atoms with Crippen molar-refractivity contribution in [3.8, 4) is 0 Å². The molecule has 1 aromatic carbocycles. The fraction of sp³-hybridized carbons (Fsp3) is 0.529. The number of amides is 1. The third-order valence-corrected chi connectivity index (χ3v) is 6.20. The summed E-state index contributed by atoms with van der Waals surface area (Å²) in [6.07, 6.45) is 5.77. The summed E-state index contributed by atoms with van der Waals surface area (Å²) in [5.41, 5.74) is 1.32. The first-order valence-electron chi connectivity index (χ1n) is 8.12. The highest BCUT2D eigenvalue weighted by Crippen LogP contribution is 2.45. The molecule has 0 bridgehead atoms. The minimum absolute atomic E-state index is 0.0327. The van der Waals surface area contributed by atoms with Gasteiger partial charge in [0.05, 0.1) is 21.3 Å². The van der Waals surface area contributed by atoms with Crippen molar-refractivity contribution in [2.75, 3.05) is 13.1 Å². The number of carbonyl (C=O) groups is 1. The Balaban J connectivity index is 1.32. The fourth-order valence-electron chi connectivity index (χ4n) is 3.83. The summed E-state index contributed by atoms with van der Waals surface area (Å²) in [5, 5.41) is 7.51. The van der Waals surface area contributed by atoms with Crippen LogP contribution in [0.1, 0.15) is 30.7 Å². The van der Waals surface area contributed by atoms with Crippen LogP contribution < -0.4 is 10.6 Å². The number of carbonyl (C=O) groups excluding carboxylic acids is 1. The van der Waals surface area contributed by atoms with E-state index in [-0.39, 0.29) is 17.4 Å². The van der Waals surface area contributed by atoms with E-state index in [1.54, 1.807) is 11.3 Å². The average Bonchev–Trinajstić information content (AvgIpc) is 3.14. The van der Waals surface area contributed by atoms with Crippen LogP contribution in [0, 0.1) is 5.41 Å². The van der Waals surface area contributed by atoms with Crippen molar-refractivity contribution in [3.63, 3.8) is 0 Å². The predicted molar refractivity (Wildman–Crippen MR) is 89.0 cm³/mol. The molecule has 1 aliphatic heterocycles. The van der Waals surface area contributed by atoms with Gasteiger partial charge in [0.15, 0.2) is 0 Å². The van der Waals surface area contributed by atoms with Gasteiger partial charge in [-0.1, -0.05) is 25.0 Å². The Morgan fingerprint density at radius 2 is 2.18 bits per heavy atom. The van der Waals surface area contributed by atoms with Gasteiger partial charge in [0.2, 0.25) is 5.91 Å². The molecule has 2 N–H and O–H groups in total. The minimum atomic E-state index is 0.0327. The summed E-state index contributed by atoms with van der Waals surface area (Å²) in [6.45, 7) is 1.69. The zero-order valence-electron chi connectivity index (χ0n) is 12.6. The second-order valence-corrected chi connectivity index (χ2v) is 7.61. The van der Waals surface area contributed by atoms with E-state index in [0.717, 1.165) is 23.5 Å². The van der Waals surface area contributed by atoms with Gasteiger partial charge in [-0.05, 0) is 25.0 Å². The SMILES string of the molecule is O=C(NCCc1nc2ccccc2s1)C1NCC12CCCC2. The molecule has 4 rings (SSSR count). The summed E-state index contributed by atoms with van der Waals surface area (Å²) in [5.74, 6) is 0.175. The van der Waals surface area contributed by atoms with E-state index in [9.17, 15) is 4.79 Å². The van der Waals surface area contributed by atoms with Crippen LogP contribution in [-0.2, 0) is 11.2 Å². The lowest BCUT2D eigenvalue weighted by Crippen LogP contribution is -2.67. The fourth-order valence-corrected chi connectivity index (χ4v) is 4.80. The second kappa shape index (κ2) is 5.63. The van der Waals surface area contributed by atoms with E-state index in [1.165, 1.54) is 30.4 Å². The van der Waals surface area contributed by atoms with Crippen LogP contribution in [0.5, 0.6) is 0 Å². The Hall–Kier alpha value is -1.46. The molecule has 2 fully saturated rings. The van der Waals surface area contributed by atoms with Gasteiger partial charge in [0, 0.05) is 24.9 Å². The van der Waals surface area contributed by atoms with Crippen molar-refractivity contribution in [1.29, 1.82) is 0 Å². The van der Waals surface area contributed by atoms with Crippen LogP contribution in [0.25, 0.3) is 10.2 Å². The van der Waals surface area contributed by atoms with Crippen LogP contribution in [0.2, 0.25) is 0 Å². The van der Waals surface area contributed by atoms with Gasteiger partial charge in [-0.15, -0.1) is 11.3 Å². The van der Waals surface area contributed by atoms with Gasteiger partial charge in [-0.2, -0.15) is 0 Å². The van der Waals surface area contributed by atoms with Crippen molar-refractivity contribution in [3.05, 3.63) is 29.3 Å². The van der Waals surface area contributed by atoms with Gasteiger partial charge in [-0.25, -0.2) is 4.98 Å². The van der Waals surface area contributed by atoms with Gasteiger partial charge in [0.1, 0.15) is 0 Å². The summed E-state index contributed by atoms with van der Waals surface area (Å²) in [6, 6.07) is 8.21. The highest BCUT2D eigenvalue weighted by Gasteiger charge is 2.51. The molecule has 1 spiro atoms. The zero-order valence-corrected chi connectivity index (χ0v) is 13.4. The molecule has 116 valence electrons. The number of hydrogen-bond acceptors (Lipinski definition) is 4. The zero-order chi connectivity index (χ0) is 15.0. The molecule has 1 saturated carbocycles. The molecule has 1 unspecified atom stereocenters. The van der Waals surface area contributed by atoms with Crippen LogP contribution >= 0.6 is 11.3 Å². The predicted octanol–water partition coefficient (Wildman–Crippen LogP) is 2.49. The summed E-state index contributed by atoms with van der Waals surface area (Å²) in [7, 11) is 0. The van der Waals surface area contributed by atoms with E-state index in [0.29, 0.717) is 6.54 Å². The molecular weight excluding hydrogens is 294 g/mol. The molecule has 2 aromatic rings. The number of benzene rings is 1. The third-order valence-electron chi connectivity index (χ3n) is 5.11. The second-order valence-electron chi connectivity index (χ2n) is 6.50. The first kappa shape index (κ1) is 14.2. The topological polar surface area (TPSA) is 54.0 Å². The van der Waals surface area contributed by atoms with Gasteiger partial charge >= 0.3 is 0 Å². The molecule has 1 saturated heterocycles. The van der Waals surface area contributed by atoms with Crippen molar-refractivity contribution in [2.24, 2.45) is 5.41 Å². The number of thiazole rings is 1. The minimum Gasteiger partial charge on any atom is -0.354 e. The Bertz CT molecular complexity index is 657. The monoisotopic (exact) mass is 315 g/mol. The highest BCUT2D eigenvalue weighted by molar-refractivity contribution is 7.18. The number of hydrogen-bond donors (Lipinski definition) is 2. The Labute approximate surface area is 134 Å². The molecule has 2 aliphatic rings. The highest BCUT2D eigenvalue weighted by atomic mass is 32.1. The molecule has 2 heterocycles. The van der Waals surface area contributed by atoms with Crippen molar-refractivity contribution in [1.82, 2.24) is 15.6 Å². The lowest BCUT2D eigenvalue weighted by Gasteiger charge is -2.47. The summed E-state index contributed by atoms with van der Waals surface area (Å²) < 4.78 is 1.22. The van der Waals surface area contributed by atoms with Gasteiger partial charge in [0.25, 0.3) is 0 Å². The van der Waals surface area contributed by atoms with E-state index in [1.807, 2.05) is 18.2 Å². The lowest BCUT2D eigenvalue weighted by atomic mass is 9.71.